The van der Waals surface area contributed by atoms with Gasteiger partial charge in [0.15, 0.2) is 6.29 Å². The van der Waals surface area contributed by atoms with Crippen molar-refractivity contribution in [2.75, 3.05) is 26.4 Å². The third-order valence-corrected chi connectivity index (χ3v) is 7.44. The molecule has 1 aromatic carbocycles. The van der Waals surface area contributed by atoms with Crippen LogP contribution in [0.1, 0.15) is 43.2 Å². The molecule has 2 heterocycles. The number of aryl methyl sites for hydroxylation is 2. The summed E-state index contributed by atoms with van der Waals surface area (Å²) in [4.78, 5) is 12.7. The Balaban J connectivity index is 1.55. The van der Waals surface area contributed by atoms with E-state index in [0.29, 0.717) is 19.6 Å². The molecule has 0 bridgehead atoms. The first-order valence-electron chi connectivity index (χ1n) is 10.5. The Hall–Kier alpha value is -1.52. The smallest absolute Gasteiger partial charge is 0.324 e. The van der Waals surface area contributed by atoms with Crippen LogP contribution in [0.25, 0.3) is 0 Å². The number of carbonyl (C=O) groups excluding carboxylic acids is 1. The summed E-state index contributed by atoms with van der Waals surface area (Å²) in [5, 5.41) is 10.0. The maximum atomic E-state index is 13.1. The summed E-state index contributed by atoms with van der Waals surface area (Å²) in [7, 11) is -3.92. The molecule has 0 amide bonds. The second-order valence-corrected chi connectivity index (χ2v) is 9.80. The number of rotatable bonds is 8. The Morgan fingerprint density at radius 3 is 2.73 bits per heavy atom. The molecule has 2 fully saturated rings. The maximum Gasteiger partial charge on any atom is 0.324 e. The van der Waals surface area contributed by atoms with E-state index in [0.717, 1.165) is 34.7 Å². The number of carbonyl (C=O) groups is 1. The standard InChI is InChI=1S/C21H31NO7S/c1-15-7-8-18(12-16(15)2)30(25,26)22-14-17(23)13-19(22)21(24)29-11-5-10-28-20-6-3-4-9-27-20/h7-8,12,17,19-20,23H,3-6,9-11,13-14H2,1-2H3/t17?,19-,20?/m0/s1. The van der Waals surface area contributed by atoms with Gasteiger partial charge in [-0.05, 0) is 56.4 Å². The van der Waals surface area contributed by atoms with Gasteiger partial charge in [0.25, 0.3) is 0 Å². The van der Waals surface area contributed by atoms with Crippen LogP contribution in [0.2, 0.25) is 0 Å². The van der Waals surface area contributed by atoms with Crippen LogP contribution in [0.15, 0.2) is 23.1 Å². The summed E-state index contributed by atoms with van der Waals surface area (Å²) in [6, 6.07) is 3.81. The Morgan fingerprint density at radius 2 is 2.03 bits per heavy atom. The first-order valence-corrected chi connectivity index (χ1v) is 11.9. The third-order valence-electron chi connectivity index (χ3n) is 5.57. The van der Waals surface area contributed by atoms with Crippen LogP contribution in [-0.2, 0) is 29.0 Å². The Morgan fingerprint density at radius 1 is 1.23 bits per heavy atom. The number of ether oxygens (including phenoxy) is 3. The molecule has 2 aliphatic heterocycles. The van der Waals surface area contributed by atoms with E-state index in [2.05, 4.69) is 0 Å². The molecule has 0 aliphatic carbocycles. The lowest BCUT2D eigenvalue weighted by molar-refractivity contribution is -0.165. The van der Waals surface area contributed by atoms with Gasteiger partial charge >= 0.3 is 5.97 Å². The van der Waals surface area contributed by atoms with Gasteiger partial charge < -0.3 is 19.3 Å². The molecular formula is C21H31NO7S. The number of β-amino-alcohol motifs (C(OH)–C–C–N with tert-alkyl or cyclic N) is 1. The highest BCUT2D eigenvalue weighted by molar-refractivity contribution is 7.89. The highest BCUT2D eigenvalue weighted by Crippen LogP contribution is 2.28. The molecule has 3 atom stereocenters. The lowest BCUT2D eigenvalue weighted by Crippen LogP contribution is -2.41. The van der Waals surface area contributed by atoms with E-state index in [1.54, 1.807) is 12.1 Å². The molecule has 2 unspecified atom stereocenters. The first-order chi connectivity index (χ1) is 14.3. The van der Waals surface area contributed by atoms with E-state index in [1.165, 1.54) is 6.07 Å². The van der Waals surface area contributed by atoms with Crippen LogP contribution in [0.4, 0.5) is 0 Å². The van der Waals surface area contributed by atoms with Crippen molar-refractivity contribution >= 4 is 16.0 Å². The SMILES string of the molecule is Cc1ccc(S(=O)(=O)N2CC(O)C[C@H]2C(=O)OCCCOC2CCCCO2)cc1C. The quantitative estimate of drug-likeness (QED) is 0.486. The Bertz CT molecular complexity index is 836. The molecule has 2 aliphatic rings. The number of aliphatic hydroxyl groups excluding tert-OH is 1. The fourth-order valence-corrected chi connectivity index (χ4v) is 5.37. The van der Waals surface area contributed by atoms with Crippen LogP contribution in [0.5, 0.6) is 0 Å². The molecule has 2 saturated heterocycles. The molecule has 168 valence electrons. The summed E-state index contributed by atoms with van der Waals surface area (Å²) in [6.45, 7) is 4.83. The molecule has 0 aromatic heterocycles. The lowest BCUT2D eigenvalue weighted by Gasteiger charge is -2.23. The highest BCUT2D eigenvalue weighted by atomic mass is 32.2. The van der Waals surface area contributed by atoms with Crippen molar-refractivity contribution in [1.29, 1.82) is 0 Å². The van der Waals surface area contributed by atoms with Crippen molar-refractivity contribution in [2.24, 2.45) is 0 Å². The van der Waals surface area contributed by atoms with Gasteiger partial charge in [0, 0.05) is 26.0 Å². The maximum absolute atomic E-state index is 13.1. The molecule has 9 heteroatoms. The zero-order valence-corrected chi connectivity index (χ0v) is 18.4. The summed E-state index contributed by atoms with van der Waals surface area (Å²) in [6.07, 6.45) is 2.40. The van der Waals surface area contributed by atoms with Crippen molar-refractivity contribution in [3.63, 3.8) is 0 Å². The number of hydrogen-bond donors (Lipinski definition) is 1. The lowest BCUT2D eigenvalue weighted by atomic mass is 10.1. The number of benzene rings is 1. The summed E-state index contributed by atoms with van der Waals surface area (Å²) in [5.74, 6) is -0.645. The van der Waals surface area contributed by atoms with Crippen LogP contribution >= 0.6 is 0 Å². The van der Waals surface area contributed by atoms with Gasteiger partial charge in [-0.3, -0.25) is 4.79 Å². The molecule has 0 radical (unpaired) electrons. The number of aliphatic hydroxyl groups is 1. The topological polar surface area (TPSA) is 102 Å². The van der Waals surface area contributed by atoms with Crippen molar-refractivity contribution in [2.45, 2.75) is 69.3 Å². The molecule has 8 nitrogen and oxygen atoms in total. The van der Waals surface area contributed by atoms with Gasteiger partial charge in [0.05, 0.1) is 24.2 Å². The minimum absolute atomic E-state index is 0.0231. The molecule has 30 heavy (non-hydrogen) atoms. The highest BCUT2D eigenvalue weighted by Gasteiger charge is 2.44. The number of sulfonamides is 1. The van der Waals surface area contributed by atoms with Crippen molar-refractivity contribution in [3.05, 3.63) is 29.3 Å². The second-order valence-electron chi connectivity index (χ2n) is 7.91. The van der Waals surface area contributed by atoms with Crippen LogP contribution in [-0.4, -0.2) is 68.6 Å². The summed E-state index contributed by atoms with van der Waals surface area (Å²) < 4.78 is 43.6. The van der Waals surface area contributed by atoms with E-state index in [1.807, 2.05) is 13.8 Å². The van der Waals surface area contributed by atoms with Crippen molar-refractivity contribution in [1.82, 2.24) is 4.31 Å². The van der Waals surface area contributed by atoms with Gasteiger partial charge in [-0.15, -0.1) is 0 Å². The minimum atomic E-state index is -3.92. The first kappa shape index (κ1) is 23.1. The monoisotopic (exact) mass is 441 g/mol. The molecule has 0 saturated carbocycles. The number of esters is 1. The van der Waals surface area contributed by atoms with Gasteiger partial charge in [-0.1, -0.05) is 6.07 Å². The fraction of sp³-hybridized carbons (Fsp3) is 0.667. The third kappa shape index (κ3) is 5.59. The van der Waals surface area contributed by atoms with E-state index in [9.17, 15) is 18.3 Å². The number of hydrogen-bond acceptors (Lipinski definition) is 7. The Kier molecular flexibility index (Phi) is 7.86. The van der Waals surface area contributed by atoms with Gasteiger partial charge in [-0.25, -0.2) is 8.42 Å². The molecule has 3 rings (SSSR count). The fourth-order valence-electron chi connectivity index (χ4n) is 3.66. The molecular weight excluding hydrogens is 410 g/mol. The van der Waals surface area contributed by atoms with Crippen LogP contribution in [0, 0.1) is 13.8 Å². The van der Waals surface area contributed by atoms with E-state index in [-0.39, 0.29) is 30.8 Å². The zero-order valence-electron chi connectivity index (χ0n) is 17.6. The van der Waals surface area contributed by atoms with Crippen molar-refractivity contribution in [3.8, 4) is 0 Å². The zero-order chi connectivity index (χ0) is 21.7. The van der Waals surface area contributed by atoms with Crippen LogP contribution in [0.3, 0.4) is 0 Å². The summed E-state index contributed by atoms with van der Waals surface area (Å²) >= 11 is 0. The minimum Gasteiger partial charge on any atom is -0.464 e. The van der Waals surface area contributed by atoms with Crippen molar-refractivity contribution < 1.29 is 32.5 Å². The predicted octanol–water partition coefficient (Wildman–Crippen LogP) is 1.90. The van der Waals surface area contributed by atoms with E-state index in [4.69, 9.17) is 14.2 Å². The molecule has 1 aromatic rings. The van der Waals surface area contributed by atoms with Crippen LogP contribution < -0.4 is 0 Å². The van der Waals surface area contributed by atoms with Gasteiger partial charge in [0.1, 0.15) is 6.04 Å². The van der Waals surface area contributed by atoms with Gasteiger partial charge in [0.2, 0.25) is 10.0 Å². The normalized spacial score (nSPS) is 25.4. The second kappa shape index (κ2) is 10.2. The molecule has 1 N–H and O–H groups in total. The largest absolute Gasteiger partial charge is 0.464 e. The number of nitrogens with zero attached hydrogens (tertiary/aromatic N) is 1. The van der Waals surface area contributed by atoms with E-state index < -0.39 is 28.1 Å². The summed E-state index contributed by atoms with van der Waals surface area (Å²) in [5.41, 5.74) is 1.82. The average Bonchev–Trinajstić information content (AvgIpc) is 3.13. The molecule has 0 spiro atoms. The van der Waals surface area contributed by atoms with Gasteiger partial charge in [-0.2, -0.15) is 4.31 Å². The van der Waals surface area contributed by atoms with E-state index >= 15 is 0 Å². The Labute approximate surface area is 178 Å². The predicted molar refractivity (Wildman–Crippen MR) is 109 cm³/mol. The average molecular weight is 442 g/mol.